The summed E-state index contributed by atoms with van der Waals surface area (Å²) in [6.45, 7) is 1.10. The fourth-order valence-corrected chi connectivity index (χ4v) is 4.25. The van der Waals surface area contributed by atoms with Gasteiger partial charge in [-0.2, -0.15) is 0 Å². The second-order valence-electron chi connectivity index (χ2n) is 7.47. The lowest BCUT2D eigenvalue weighted by atomic mass is 9.96. The van der Waals surface area contributed by atoms with E-state index in [-0.39, 0.29) is 18.3 Å². The van der Waals surface area contributed by atoms with E-state index in [9.17, 15) is 4.39 Å². The van der Waals surface area contributed by atoms with Crippen LogP contribution in [0.4, 0.5) is 10.2 Å². The highest BCUT2D eigenvalue weighted by molar-refractivity contribution is 5.80. The monoisotopic (exact) mass is 419 g/mol. The van der Waals surface area contributed by atoms with Gasteiger partial charge in [-0.1, -0.05) is 6.07 Å². The van der Waals surface area contributed by atoms with Crippen LogP contribution in [-0.4, -0.2) is 39.9 Å². The van der Waals surface area contributed by atoms with Gasteiger partial charge in [0.15, 0.2) is 17.2 Å². The van der Waals surface area contributed by atoms with E-state index in [2.05, 4.69) is 20.5 Å². The molecule has 31 heavy (non-hydrogen) atoms. The number of benzene rings is 1. The molecule has 0 radical (unpaired) electrons. The van der Waals surface area contributed by atoms with E-state index < -0.39 is 0 Å². The number of methoxy groups -OCH3 is 1. The summed E-state index contributed by atoms with van der Waals surface area (Å²) in [6.07, 6.45) is 1.60. The fraction of sp³-hybridized carbons (Fsp3) is 0.227. The summed E-state index contributed by atoms with van der Waals surface area (Å²) in [4.78, 5) is 4.54. The van der Waals surface area contributed by atoms with Crippen molar-refractivity contribution in [3.63, 3.8) is 0 Å². The molecule has 2 aliphatic rings. The van der Waals surface area contributed by atoms with Gasteiger partial charge >= 0.3 is 0 Å². The van der Waals surface area contributed by atoms with Crippen molar-refractivity contribution in [3.05, 3.63) is 59.7 Å². The Morgan fingerprint density at radius 3 is 2.90 bits per heavy atom. The Morgan fingerprint density at radius 2 is 2.03 bits per heavy atom. The third-order valence-corrected chi connectivity index (χ3v) is 5.73. The molecule has 0 saturated heterocycles. The Morgan fingerprint density at radius 1 is 1.16 bits per heavy atom. The van der Waals surface area contributed by atoms with Crippen molar-refractivity contribution in [3.8, 4) is 28.6 Å². The van der Waals surface area contributed by atoms with Crippen LogP contribution < -0.4 is 19.5 Å². The van der Waals surface area contributed by atoms with Crippen molar-refractivity contribution in [2.75, 3.05) is 25.6 Å². The molecule has 0 spiro atoms. The summed E-state index contributed by atoms with van der Waals surface area (Å²) < 4.78 is 33.8. The van der Waals surface area contributed by atoms with Gasteiger partial charge in [-0.3, -0.25) is 4.40 Å². The molecule has 8 nitrogen and oxygen atoms in total. The Kier molecular flexibility index (Phi) is 3.95. The zero-order valence-electron chi connectivity index (χ0n) is 16.6. The number of hydrogen-bond acceptors (Lipinski definition) is 7. The van der Waals surface area contributed by atoms with E-state index in [1.165, 1.54) is 6.07 Å². The van der Waals surface area contributed by atoms with E-state index in [1.54, 1.807) is 30.0 Å². The molecule has 2 aliphatic heterocycles. The summed E-state index contributed by atoms with van der Waals surface area (Å²) in [5.41, 5.74) is 3.51. The molecule has 3 aromatic heterocycles. The summed E-state index contributed by atoms with van der Waals surface area (Å²) in [6, 6.07) is 10.5. The fourth-order valence-electron chi connectivity index (χ4n) is 4.25. The van der Waals surface area contributed by atoms with Gasteiger partial charge in [0.25, 0.3) is 0 Å². The van der Waals surface area contributed by atoms with Gasteiger partial charge in [0.05, 0.1) is 31.9 Å². The number of nitrogens with one attached hydrogen (secondary N) is 1. The maximum atomic E-state index is 14.7. The molecule has 0 bridgehead atoms. The summed E-state index contributed by atoms with van der Waals surface area (Å²) in [7, 11) is 1.57. The van der Waals surface area contributed by atoms with Gasteiger partial charge in [-0.15, -0.1) is 10.2 Å². The number of nitrogens with zero attached hydrogens (tertiary/aromatic N) is 4. The molecule has 1 aromatic carbocycles. The number of hydrogen-bond donors (Lipinski definition) is 1. The quantitative estimate of drug-likeness (QED) is 0.533. The van der Waals surface area contributed by atoms with Crippen LogP contribution in [0.1, 0.15) is 17.0 Å². The molecule has 6 rings (SSSR count). The molecular weight excluding hydrogens is 401 g/mol. The van der Waals surface area contributed by atoms with Crippen molar-refractivity contribution in [1.29, 1.82) is 0 Å². The van der Waals surface area contributed by atoms with Crippen LogP contribution in [0.2, 0.25) is 0 Å². The van der Waals surface area contributed by atoms with E-state index in [1.807, 2.05) is 18.2 Å². The predicted octanol–water partition coefficient (Wildman–Crippen LogP) is 3.42. The number of pyridine rings is 2. The minimum atomic E-state index is -0.262. The van der Waals surface area contributed by atoms with E-state index in [4.69, 9.17) is 14.2 Å². The molecular formula is C22H18FN5O3. The van der Waals surface area contributed by atoms with Crippen LogP contribution in [0.3, 0.4) is 0 Å². The SMILES string of the molecule is COc1cccc(-c2cc3c(n4cnnc24)NCc2c(F)ccc4c2[C@@H](CO4)CO3)n1. The molecule has 1 N–H and O–H groups in total. The van der Waals surface area contributed by atoms with Gasteiger partial charge in [0, 0.05) is 29.3 Å². The molecule has 0 unspecified atom stereocenters. The molecule has 9 heteroatoms. The molecule has 0 saturated carbocycles. The van der Waals surface area contributed by atoms with Crippen molar-refractivity contribution in [1.82, 2.24) is 19.6 Å². The lowest BCUT2D eigenvalue weighted by molar-refractivity contribution is 0.249. The van der Waals surface area contributed by atoms with Crippen LogP contribution >= 0.6 is 0 Å². The molecule has 0 fully saturated rings. The first-order valence-corrected chi connectivity index (χ1v) is 9.92. The zero-order chi connectivity index (χ0) is 20.9. The maximum Gasteiger partial charge on any atom is 0.213 e. The Bertz CT molecular complexity index is 1320. The van der Waals surface area contributed by atoms with Crippen molar-refractivity contribution in [2.24, 2.45) is 0 Å². The second kappa shape index (κ2) is 6.83. The minimum Gasteiger partial charge on any atom is -0.493 e. The molecule has 156 valence electrons. The first-order chi connectivity index (χ1) is 15.2. The number of rotatable bonds is 2. The first kappa shape index (κ1) is 17.9. The van der Waals surface area contributed by atoms with Crippen LogP contribution in [-0.2, 0) is 6.54 Å². The zero-order valence-corrected chi connectivity index (χ0v) is 16.6. The topological polar surface area (TPSA) is 82.8 Å². The number of halogens is 1. The van der Waals surface area contributed by atoms with E-state index >= 15 is 0 Å². The third-order valence-electron chi connectivity index (χ3n) is 5.73. The third kappa shape index (κ3) is 2.77. The smallest absolute Gasteiger partial charge is 0.213 e. The van der Waals surface area contributed by atoms with E-state index in [0.717, 1.165) is 11.1 Å². The Hall–Kier alpha value is -3.88. The van der Waals surface area contributed by atoms with Gasteiger partial charge in [0.2, 0.25) is 5.88 Å². The van der Waals surface area contributed by atoms with Crippen LogP contribution in [0.25, 0.3) is 16.9 Å². The predicted molar refractivity (Wildman–Crippen MR) is 110 cm³/mol. The number of ether oxygens (including phenoxy) is 3. The Labute approximate surface area is 176 Å². The second-order valence-corrected chi connectivity index (χ2v) is 7.47. The van der Waals surface area contributed by atoms with Gasteiger partial charge in [0.1, 0.15) is 17.9 Å². The highest BCUT2D eigenvalue weighted by Crippen LogP contribution is 2.41. The van der Waals surface area contributed by atoms with Gasteiger partial charge in [-0.05, 0) is 24.3 Å². The molecule has 4 aromatic rings. The molecule has 0 amide bonds. The average molecular weight is 419 g/mol. The van der Waals surface area contributed by atoms with Gasteiger partial charge in [-0.25, -0.2) is 9.37 Å². The Balaban J connectivity index is 1.51. The lowest BCUT2D eigenvalue weighted by Crippen LogP contribution is -2.13. The largest absolute Gasteiger partial charge is 0.493 e. The summed E-state index contributed by atoms with van der Waals surface area (Å²) in [5, 5.41) is 11.7. The standard InChI is InChI=1S/C22H18FN5O3/c1-29-19-4-2-3-16(26-19)13-7-18-22(28-11-25-27-21(13)28)24-8-14-15(23)5-6-17-20(14)12(9-30-17)10-31-18/h2-7,11-12,24H,8-10H2,1H3/t12-/m0/s1. The highest BCUT2D eigenvalue weighted by Gasteiger charge is 2.31. The number of aromatic nitrogens is 4. The normalized spacial score (nSPS) is 16.8. The number of anilines is 1. The summed E-state index contributed by atoms with van der Waals surface area (Å²) in [5.74, 6) is 2.16. The van der Waals surface area contributed by atoms with Crippen LogP contribution in [0.5, 0.6) is 17.4 Å². The van der Waals surface area contributed by atoms with Crippen molar-refractivity contribution in [2.45, 2.75) is 12.5 Å². The first-order valence-electron chi connectivity index (χ1n) is 9.92. The molecule has 5 heterocycles. The number of fused-ring (bicyclic) bond motifs is 3. The highest BCUT2D eigenvalue weighted by atomic mass is 19.1. The molecule has 1 atom stereocenters. The van der Waals surface area contributed by atoms with Gasteiger partial charge < -0.3 is 19.5 Å². The average Bonchev–Trinajstić information content (AvgIpc) is 3.45. The maximum absolute atomic E-state index is 14.7. The lowest BCUT2D eigenvalue weighted by Gasteiger charge is -2.16. The van der Waals surface area contributed by atoms with Crippen LogP contribution in [0, 0.1) is 5.82 Å². The van der Waals surface area contributed by atoms with E-state index in [0.29, 0.717) is 53.3 Å². The summed E-state index contributed by atoms with van der Waals surface area (Å²) >= 11 is 0. The van der Waals surface area contributed by atoms with Crippen molar-refractivity contribution < 1.29 is 18.6 Å². The van der Waals surface area contributed by atoms with Crippen molar-refractivity contribution >= 4 is 11.5 Å². The minimum absolute atomic E-state index is 0.0524. The molecule has 0 aliphatic carbocycles. The van der Waals surface area contributed by atoms with Crippen LogP contribution in [0.15, 0.2) is 42.7 Å².